The van der Waals surface area contributed by atoms with Gasteiger partial charge in [0.05, 0.1) is 5.69 Å². The standard InChI is InChI=1S/C10H16N4OS/c1-6-8-9(14(2)13-6)11-7(4-5-16-3)10(15)12-8/h7,11H,4-5H2,1-3H3,(H,12,15). The third kappa shape index (κ3) is 1.89. The van der Waals surface area contributed by atoms with Gasteiger partial charge < -0.3 is 10.6 Å². The molecular formula is C10H16N4OS. The maximum Gasteiger partial charge on any atom is 0.247 e. The van der Waals surface area contributed by atoms with Crippen LogP contribution in [0.4, 0.5) is 11.5 Å². The summed E-state index contributed by atoms with van der Waals surface area (Å²) in [7, 11) is 1.88. The third-order valence-corrected chi connectivity index (χ3v) is 3.35. The Bertz CT molecular complexity index is 415. The Labute approximate surface area is 99.0 Å². The SMILES string of the molecule is CSCCC1Nc2c(c(C)nn2C)NC1=O. The summed E-state index contributed by atoms with van der Waals surface area (Å²) in [6.45, 7) is 1.89. The molecule has 2 heterocycles. The predicted octanol–water partition coefficient (Wildman–Crippen LogP) is 1.21. The van der Waals surface area contributed by atoms with E-state index in [1.54, 1.807) is 16.4 Å². The van der Waals surface area contributed by atoms with Gasteiger partial charge in [-0.05, 0) is 25.4 Å². The number of rotatable bonds is 3. The maximum atomic E-state index is 11.8. The average molecular weight is 240 g/mol. The van der Waals surface area contributed by atoms with Gasteiger partial charge in [0.15, 0.2) is 0 Å². The lowest BCUT2D eigenvalue weighted by Gasteiger charge is -2.24. The van der Waals surface area contributed by atoms with Gasteiger partial charge in [0.1, 0.15) is 17.5 Å². The molecule has 2 rings (SSSR count). The highest BCUT2D eigenvalue weighted by Gasteiger charge is 2.28. The van der Waals surface area contributed by atoms with Crippen molar-refractivity contribution in [3.63, 3.8) is 0 Å². The molecule has 16 heavy (non-hydrogen) atoms. The zero-order chi connectivity index (χ0) is 11.7. The Kier molecular flexibility index (Phi) is 3.09. The number of nitrogens with one attached hydrogen (secondary N) is 2. The van der Waals surface area contributed by atoms with Crippen LogP contribution in [0.3, 0.4) is 0 Å². The number of amides is 1. The van der Waals surface area contributed by atoms with E-state index in [-0.39, 0.29) is 11.9 Å². The van der Waals surface area contributed by atoms with Crippen LogP contribution in [-0.2, 0) is 11.8 Å². The first-order valence-corrected chi connectivity index (χ1v) is 6.62. The van der Waals surface area contributed by atoms with Gasteiger partial charge in [-0.3, -0.25) is 9.48 Å². The lowest BCUT2D eigenvalue weighted by molar-refractivity contribution is -0.117. The molecule has 0 spiro atoms. The Hall–Kier alpha value is -1.17. The topological polar surface area (TPSA) is 59.0 Å². The Morgan fingerprint density at radius 3 is 3.00 bits per heavy atom. The summed E-state index contributed by atoms with van der Waals surface area (Å²) >= 11 is 1.75. The number of hydrogen-bond acceptors (Lipinski definition) is 4. The van der Waals surface area contributed by atoms with Crippen molar-refractivity contribution in [1.82, 2.24) is 9.78 Å². The van der Waals surface area contributed by atoms with Crippen molar-refractivity contribution >= 4 is 29.2 Å². The van der Waals surface area contributed by atoms with Crippen molar-refractivity contribution < 1.29 is 4.79 Å². The molecule has 6 heteroatoms. The van der Waals surface area contributed by atoms with Gasteiger partial charge in [-0.1, -0.05) is 0 Å². The molecular weight excluding hydrogens is 224 g/mol. The molecule has 0 saturated heterocycles. The minimum Gasteiger partial charge on any atom is -0.357 e. The highest BCUT2D eigenvalue weighted by molar-refractivity contribution is 7.98. The summed E-state index contributed by atoms with van der Waals surface area (Å²) in [5.74, 6) is 1.91. The second-order valence-corrected chi connectivity index (χ2v) is 4.89. The smallest absolute Gasteiger partial charge is 0.247 e. The van der Waals surface area contributed by atoms with Crippen molar-refractivity contribution in [1.29, 1.82) is 0 Å². The highest BCUT2D eigenvalue weighted by atomic mass is 32.2. The van der Waals surface area contributed by atoms with Gasteiger partial charge in [-0.25, -0.2) is 0 Å². The fourth-order valence-electron chi connectivity index (χ4n) is 1.85. The van der Waals surface area contributed by atoms with Gasteiger partial charge in [-0.15, -0.1) is 0 Å². The first-order chi connectivity index (χ1) is 7.63. The van der Waals surface area contributed by atoms with Crippen LogP contribution in [0.25, 0.3) is 0 Å². The van der Waals surface area contributed by atoms with E-state index in [2.05, 4.69) is 15.7 Å². The molecule has 1 amide bonds. The molecule has 0 radical (unpaired) electrons. The number of thioether (sulfide) groups is 1. The van der Waals surface area contributed by atoms with Gasteiger partial charge >= 0.3 is 0 Å². The molecule has 1 aromatic heterocycles. The maximum absolute atomic E-state index is 11.8. The van der Waals surface area contributed by atoms with Crippen molar-refractivity contribution in [2.24, 2.45) is 7.05 Å². The molecule has 0 saturated carbocycles. The molecule has 0 bridgehead atoms. The van der Waals surface area contributed by atoms with E-state index in [4.69, 9.17) is 0 Å². The van der Waals surface area contributed by atoms with Gasteiger partial charge in [0, 0.05) is 7.05 Å². The first kappa shape index (κ1) is 11.3. The van der Waals surface area contributed by atoms with Gasteiger partial charge in [0.2, 0.25) is 5.91 Å². The van der Waals surface area contributed by atoms with Crippen LogP contribution in [0.2, 0.25) is 0 Å². The van der Waals surface area contributed by atoms with Gasteiger partial charge in [-0.2, -0.15) is 16.9 Å². The van der Waals surface area contributed by atoms with Crippen LogP contribution in [-0.4, -0.2) is 33.7 Å². The van der Waals surface area contributed by atoms with E-state index < -0.39 is 0 Å². The number of aryl methyl sites for hydroxylation is 2. The fraction of sp³-hybridized carbons (Fsp3) is 0.600. The first-order valence-electron chi connectivity index (χ1n) is 5.23. The minimum atomic E-state index is -0.144. The minimum absolute atomic E-state index is 0.0395. The summed E-state index contributed by atoms with van der Waals surface area (Å²) in [6, 6.07) is -0.144. The predicted molar refractivity (Wildman–Crippen MR) is 67.0 cm³/mol. The molecule has 1 atom stereocenters. The summed E-state index contributed by atoms with van der Waals surface area (Å²) in [4.78, 5) is 11.8. The molecule has 2 N–H and O–H groups in total. The number of aromatic nitrogens is 2. The molecule has 5 nitrogen and oxygen atoms in total. The monoisotopic (exact) mass is 240 g/mol. The molecule has 0 aliphatic carbocycles. The average Bonchev–Trinajstić information content (AvgIpc) is 2.51. The molecule has 1 aromatic rings. The molecule has 1 aliphatic heterocycles. The van der Waals surface area contributed by atoms with E-state index in [1.165, 1.54) is 0 Å². The number of hydrogen-bond donors (Lipinski definition) is 2. The van der Waals surface area contributed by atoms with Crippen molar-refractivity contribution in [2.45, 2.75) is 19.4 Å². The van der Waals surface area contributed by atoms with Crippen molar-refractivity contribution in [2.75, 3.05) is 22.6 Å². The van der Waals surface area contributed by atoms with E-state index in [0.29, 0.717) is 0 Å². The number of nitrogens with zero attached hydrogens (tertiary/aromatic N) is 2. The lowest BCUT2D eigenvalue weighted by Crippen LogP contribution is -2.39. The fourth-order valence-corrected chi connectivity index (χ4v) is 2.32. The van der Waals surface area contributed by atoms with Crippen LogP contribution in [0, 0.1) is 6.92 Å². The third-order valence-electron chi connectivity index (χ3n) is 2.71. The van der Waals surface area contributed by atoms with Crippen LogP contribution < -0.4 is 10.6 Å². The lowest BCUT2D eigenvalue weighted by atomic mass is 10.1. The highest BCUT2D eigenvalue weighted by Crippen LogP contribution is 2.29. The number of fused-ring (bicyclic) bond motifs is 1. The molecule has 0 aromatic carbocycles. The molecule has 88 valence electrons. The Morgan fingerprint density at radius 2 is 2.31 bits per heavy atom. The number of carbonyl (C=O) groups is 1. The molecule has 0 fully saturated rings. The molecule has 1 unspecified atom stereocenters. The van der Waals surface area contributed by atoms with Crippen molar-refractivity contribution in [3.8, 4) is 0 Å². The van der Waals surface area contributed by atoms with Gasteiger partial charge in [0.25, 0.3) is 0 Å². The molecule has 1 aliphatic rings. The zero-order valence-electron chi connectivity index (χ0n) is 9.70. The van der Waals surface area contributed by atoms with E-state index in [9.17, 15) is 4.79 Å². The summed E-state index contributed by atoms with van der Waals surface area (Å²) in [6.07, 6.45) is 2.87. The number of carbonyl (C=O) groups excluding carboxylic acids is 1. The zero-order valence-corrected chi connectivity index (χ0v) is 10.5. The van der Waals surface area contributed by atoms with Crippen LogP contribution >= 0.6 is 11.8 Å². The van der Waals surface area contributed by atoms with Crippen molar-refractivity contribution in [3.05, 3.63) is 5.69 Å². The Balaban J connectivity index is 2.20. The quantitative estimate of drug-likeness (QED) is 0.834. The Morgan fingerprint density at radius 1 is 1.56 bits per heavy atom. The van der Waals surface area contributed by atoms with Crippen LogP contribution in [0.1, 0.15) is 12.1 Å². The summed E-state index contributed by atoms with van der Waals surface area (Å²) in [5, 5.41) is 10.4. The van der Waals surface area contributed by atoms with Crippen LogP contribution in [0.15, 0.2) is 0 Å². The second kappa shape index (κ2) is 4.37. The van der Waals surface area contributed by atoms with E-state index in [1.807, 2.05) is 20.2 Å². The largest absolute Gasteiger partial charge is 0.357 e. The van der Waals surface area contributed by atoms with Crippen LogP contribution in [0.5, 0.6) is 0 Å². The second-order valence-electron chi connectivity index (χ2n) is 3.90. The van der Waals surface area contributed by atoms with E-state index in [0.717, 1.165) is 29.4 Å². The summed E-state index contributed by atoms with van der Waals surface area (Å²) in [5.41, 5.74) is 1.66. The normalized spacial score (nSPS) is 18.9. The number of anilines is 2. The van der Waals surface area contributed by atoms with E-state index >= 15 is 0 Å². The summed E-state index contributed by atoms with van der Waals surface area (Å²) < 4.78 is 1.77.